The van der Waals surface area contributed by atoms with Crippen molar-refractivity contribution in [2.45, 2.75) is 104 Å². The van der Waals surface area contributed by atoms with Gasteiger partial charge in [-0.1, -0.05) is 78.1 Å². The van der Waals surface area contributed by atoms with E-state index in [1.54, 1.807) is 0 Å². The Bertz CT molecular complexity index is 394. The molecule has 3 atom stereocenters. The lowest BCUT2D eigenvalue weighted by molar-refractivity contribution is -0.152. The average molecular weight is 369 g/mol. The number of carboxylic acid groups (broad SMARTS) is 1. The van der Waals surface area contributed by atoms with Crippen LogP contribution in [0.2, 0.25) is 0 Å². The molecule has 1 saturated carbocycles. The van der Waals surface area contributed by atoms with Crippen LogP contribution in [0.15, 0.2) is 0 Å². The van der Waals surface area contributed by atoms with Crippen molar-refractivity contribution in [1.29, 1.82) is 0 Å². The number of rotatable bonds is 14. The van der Waals surface area contributed by atoms with Crippen LogP contribution in [0.3, 0.4) is 0 Å². The maximum Gasteiger partial charge on any atom is 0.308 e. The summed E-state index contributed by atoms with van der Waals surface area (Å²) in [5.74, 6) is -0.634. The number of aliphatic carboxylic acids is 1. The van der Waals surface area contributed by atoms with Crippen molar-refractivity contribution >= 4 is 11.9 Å². The molecule has 1 rings (SSSR count). The van der Waals surface area contributed by atoms with Crippen LogP contribution < -0.4 is 0 Å². The van der Waals surface area contributed by atoms with E-state index in [4.69, 9.17) is 9.84 Å². The smallest absolute Gasteiger partial charge is 0.308 e. The molecule has 3 unspecified atom stereocenters. The molecule has 4 heteroatoms. The number of carboxylic acids is 1. The monoisotopic (exact) mass is 368 g/mol. The Labute approximate surface area is 160 Å². The minimum Gasteiger partial charge on any atom is -0.481 e. The van der Waals surface area contributed by atoms with Crippen molar-refractivity contribution < 1.29 is 19.4 Å². The second-order valence-corrected chi connectivity index (χ2v) is 8.04. The fourth-order valence-corrected chi connectivity index (χ4v) is 4.03. The number of esters is 1. The van der Waals surface area contributed by atoms with Gasteiger partial charge in [-0.2, -0.15) is 0 Å². The van der Waals surface area contributed by atoms with Gasteiger partial charge in [-0.15, -0.1) is 0 Å². The van der Waals surface area contributed by atoms with E-state index in [1.807, 2.05) is 0 Å². The number of carbonyl (C=O) groups excluding carboxylic acids is 1. The summed E-state index contributed by atoms with van der Waals surface area (Å²) in [4.78, 5) is 23.1. The Morgan fingerprint density at radius 2 is 1.62 bits per heavy atom. The highest BCUT2D eigenvalue weighted by atomic mass is 16.5. The maximum absolute atomic E-state index is 12.1. The highest BCUT2D eigenvalue weighted by Gasteiger charge is 2.31. The van der Waals surface area contributed by atoms with E-state index < -0.39 is 5.97 Å². The zero-order chi connectivity index (χ0) is 19.2. The molecule has 1 aliphatic carbocycles. The molecule has 0 amide bonds. The fourth-order valence-electron chi connectivity index (χ4n) is 4.03. The van der Waals surface area contributed by atoms with Crippen LogP contribution in [0.25, 0.3) is 0 Å². The summed E-state index contributed by atoms with van der Waals surface area (Å²) in [6, 6.07) is 0. The third-order valence-corrected chi connectivity index (χ3v) is 5.90. The molecule has 0 aromatic carbocycles. The van der Waals surface area contributed by atoms with Crippen LogP contribution in [0.1, 0.15) is 104 Å². The molecular weight excluding hydrogens is 328 g/mol. The number of hydrogen-bond donors (Lipinski definition) is 1. The van der Waals surface area contributed by atoms with E-state index in [9.17, 15) is 9.59 Å². The van der Waals surface area contributed by atoms with E-state index >= 15 is 0 Å². The van der Waals surface area contributed by atoms with Gasteiger partial charge < -0.3 is 9.84 Å². The van der Waals surface area contributed by atoms with Gasteiger partial charge in [-0.25, -0.2) is 0 Å². The van der Waals surface area contributed by atoms with Gasteiger partial charge in [0.2, 0.25) is 0 Å². The molecule has 0 bridgehead atoms. The SMILES string of the molecule is CCCCC(CC)CCCCCCCOC(=O)C1CCCC(C(=O)O)C1. The van der Waals surface area contributed by atoms with E-state index in [1.165, 1.54) is 51.4 Å². The first-order valence-corrected chi connectivity index (χ1v) is 11.0. The summed E-state index contributed by atoms with van der Waals surface area (Å²) in [6.07, 6.45) is 15.3. The number of unbranched alkanes of at least 4 members (excludes halogenated alkanes) is 5. The predicted molar refractivity (Wildman–Crippen MR) is 105 cm³/mol. The average Bonchev–Trinajstić information content (AvgIpc) is 2.66. The Kier molecular flexibility index (Phi) is 12.4. The second-order valence-electron chi connectivity index (χ2n) is 8.04. The molecular formula is C22H40O4. The van der Waals surface area contributed by atoms with E-state index in [-0.39, 0.29) is 17.8 Å². The van der Waals surface area contributed by atoms with Crippen LogP contribution in [-0.2, 0) is 14.3 Å². The van der Waals surface area contributed by atoms with Gasteiger partial charge in [0.05, 0.1) is 18.4 Å². The van der Waals surface area contributed by atoms with Crippen LogP contribution in [0, 0.1) is 17.8 Å². The number of ether oxygens (including phenoxy) is 1. The van der Waals surface area contributed by atoms with Gasteiger partial charge in [0.25, 0.3) is 0 Å². The summed E-state index contributed by atoms with van der Waals surface area (Å²) in [5.41, 5.74) is 0. The van der Waals surface area contributed by atoms with Gasteiger partial charge in [-0.05, 0) is 31.6 Å². The lowest BCUT2D eigenvalue weighted by Gasteiger charge is -2.25. The predicted octanol–water partition coefficient (Wildman–Crippen LogP) is 5.98. The molecule has 152 valence electrons. The van der Waals surface area contributed by atoms with Crippen molar-refractivity contribution in [2.75, 3.05) is 6.61 Å². The summed E-state index contributed by atoms with van der Waals surface area (Å²) in [7, 11) is 0. The lowest BCUT2D eigenvalue weighted by Crippen LogP contribution is -2.28. The molecule has 0 aromatic heterocycles. The maximum atomic E-state index is 12.1. The van der Waals surface area contributed by atoms with Crippen LogP contribution in [-0.4, -0.2) is 23.7 Å². The zero-order valence-corrected chi connectivity index (χ0v) is 17.0. The molecule has 4 nitrogen and oxygen atoms in total. The van der Waals surface area contributed by atoms with Crippen molar-refractivity contribution in [3.05, 3.63) is 0 Å². The molecule has 0 aromatic rings. The Morgan fingerprint density at radius 1 is 0.962 bits per heavy atom. The van der Waals surface area contributed by atoms with Crippen LogP contribution in [0.5, 0.6) is 0 Å². The van der Waals surface area contributed by atoms with Crippen molar-refractivity contribution in [3.63, 3.8) is 0 Å². The van der Waals surface area contributed by atoms with Crippen molar-refractivity contribution in [2.24, 2.45) is 17.8 Å². The molecule has 0 aliphatic heterocycles. The highest BCUT2D eigenvalue weighted by molar-refractivity contribution is 5.75. The molecule has 1 aliphatic rings. The van der Waals surface area contributed by atoms with Crippen LogP contribution in [0.4, 0.5) is 0 Å². The molecule has 26 heavy (non-hydrogen) atoms. The second kappa shape index (κ2) is 14.1. The lowest BCUT2D eigenvalue weighted by atomic mass is 9.81. The Morgan fingerprint density at radius 3 is 2.31 bits per heavy atom. The number of carbonyl (C=O) groups is 2. The van der Waals surface area contributed by atoms with Crippen molar-refractivity contribution in [1.82, 2.24) is 0 Å². The molecule has 1 N–H and O–H groups in total. The normalized spacial score (nSPS) is 21.3. The zero-order valence-electron chi connectivity index (χ0n) is 17.0. The first-order valence-electron chi connectivity index (χ1n) is 11.0. The summed E-state index contributed by atoms with van der Waals surface area (Å²) < 4.78 is 5.38. The first-order chi connectivity index (χ1) is 12.6. The molecule has 0 saturated heterocycles. The summed E-state index contributed by atoms with van der Waals surface area (Å²) >= 11 is 0. The van der Waals surface area contributed by atoms with E-state index in [0.29, 0.717) is 19.4 Å². The van der Waals surface area contributed by atoms with E-state index in [0.717, 1.165) is 31.6 Å². The van der Waals surface area contributed by atoms with E-state index in [2.05, 4.69) is 13.8 Å². The van der Waals surface area contributed by atoms with Crippen LogP contribution >= 0.6 is 0 Å². The molecule has 0 radical (unpaired) electrons. The van der Waals surface area contributed by atoms with Gasteiger partial charge >= 0.3 is 11.9 Å². The van der Waals surface area contributed by atoms with Gasteiger partial charge in [0.15, 0.2) is 0 Å². The minimum absolute atomic E-state index is 0.183. The van der Waals surface area contributed by atoms with Gasteiger partial charge in [0, 0.05) is 0 Å². The third kappa shape index (κ3) is 9.59. The fraction of sp³-hybridized carbons (Fsp3) is 0.909. The topological polar surface area (TPSA) is 63.6 Å². The minimum atomic E-state index is -0.775. The van der Waals surface area contributed by atoms with Gasteiger partial charge in [0.1, 0.15) is 0 Å². The Hall–Kier alpha value is -1.06. The third-order valence-electron chi connectivity index (χ3n) is 5.90. The first kappa shape index (κ1) is 23.0. The largest absolute Gasteiger partial charge is 0.481 e. The summed E-state index contributed by atoms with van der Waals surface area (Å²) in [5, 5.41) is 9.10. The molecule has 0 spiro atoms. The highest BCUT2D eigenvalue weighted by Crippen LogP contribution is 2.30. The Balaban J connectivity index is 2.01. The standard InChI is InChI=1S/C22H40O4/c1-3-5-12-18(4-2)13-9-7-6-8-10-16-26-22(25)20-15-11-14-19(17-20)21(23)24/h18-20H,3-17H2,1-2H3,(H,23,24). The summed E-state index contributed by atoms with van der Waals surface area (Å²) in [6.45, 7) is 5.05. The molecule has 1 fully saturated rings. The number of hydrogen-bond acceptors (Lipinski definition) is 3. The molecule has 0 heterocycles. The quantitative estimate of drug-likeness (QED) is 0.303. The van der Waals surface area contributed by atoms with Crippen molar-refractivity contribution in [3.8, 4) is 0 Å². The van der Waals surface area contributed by atoms with Gasteiger partial charge in [-0.3, -0.25) is 9.59 Å².